The van der Waals surface area contributed by atoms with E-state index in [0.717, 1.165) is 60.4 Å². The van der Waals surface area contributed by atoms with Crippen LogP contribution in [0.4, 0.5) is 11.4 Å². The topological polar surface area (TPSA) is 149 Å². The first kappa shape index (κ1) is 38.3. The number of carbonyl (C=O) groups excluding carboxylic acids is 3. The third kappa shape index (κ3) is 8.57. The molecule has 2 aliphatic heterocycles. The summed E-state index contributed by atoms with van der Waals surface area (Å²) in [5.41, 5.74) is 4.52. The van der Waals surface area contributed by atoms with Crippen LogP contribution in [-0.2, 0) is 30.4 Å². The van der Waals surface area contributed by atoms with Gasteiger partial charge in [0.15, 0.2) is 5.54 Å². The molecule has 13 nitrogen and oxygen atoms in total. The summed E-state index contributed by atoms with van der Waals surface area (Å²) >= 11 is 1.47. The molecule has 0 aromatic heterocycles. The Bertz CT molecular complexity index is 1760. The smallest absolute Gasteiger partial charge is 0.337 e. The number of benzene rings is 3. The monoisotopic (exact) mass is 732 g/mol. The van der Waals surface area contributed by atoms with Gasteiger partial charge in [-0.1, -0.05) is 12.1 Å². The zero-order valence-corrected chi connectivity index (χ0v) is 30.8. The van der Waals surface area contributed by atoms with Crippen molar-refractivity contribution in [3.05, 3.63) is 111 Å². The molecule has 276 valence electrons. The fourth-order valence-electron chi connectivity index (χ4n) is 6.93. The molecule has 2 aliphatic rings. The molecule has 0 radical (unpaired) electrons. The minimum absolute atomic E-state index is 0.105. The van der Waals surface area contributed by atoms with Crippen molar-refractivity contribution in [2.75, 3.05) is 41.0 Å². The number of ether oxygens (including phenoxy) is 3. The molecule has 0 spiro atoms. The van der Waals surface area contributed by atoms with Crippen molar-refractivity contribution >= 4 is 41.0 Å². The number of hydrogen-bond donors (Lipinski definition) is 2. The van der Waals surface area contributed by atoms with E-state index in [-0.39, 0.29) is 24.0 Å². The number of nitrogens with one attached hydrogen (secondary N) is 2. The first-order valence-corrected chi connectivity index (χ1v) is 18.3. The number of non-ortho nitro benzene ring substituents is 1. The van der Waals surface area contributed by atoms with Crippen LogP contribution in [0, 0.1) is 10.1 Å². The van der Waals surface area contributed by atoms with Gasteiger partial charge in [0.1, 0.15) is 16.9 Å². The van der Waals surface area contributed by atoms with E-state index in [0.29, 0.717) is 29.0 Å². The lowest BCUT2D eigenvalue weighted by atomic mass is 9.87. The van der Waals surface area contributed by atoms with E-state index < -0.39 is 21.9 Å². The van der Waals surface area contributed by atoms with Gasteiger partial charge >= 0.3 is 11.9 Å². The molecule has 52 heavy (non-hydrogen) atoms. The quantitative estimate of drug-likeness (QED) is 0.0898. The van der Waals surface area contributed by atoms with E-state index in [4.69, 9.17) is 14.2 Å². The van der Waals surface area contributed by atoms with Crippen molar-refractivity contribution in [3.63, 3.8) is 0 Å². The van der Waals surface area contributed by atoms with Gasteiger partial charge in [-0.2, -0.15) is 0 Å². The standard InChI is InChI=1S/C38H45N5O8S/c1-27-25-38(36(46)51-4,30-14-16-31(17-15-30)42(47)48)39-37(52-26-28-10-20-33(49-2)21-11-28)41(27)40-34(44)9-8-24-43(22-6-5-7-23-43)32-18-12-29(13-19-32)35(45)50-3/h10-21,25,37,39H,5-9,22-24,26H2,1-4H3/p+1. The van der Waals surface area contributed by atoms with Crippen molar-refractivity contribution in [3.8, 4) is 5.75 Å². The zero-order chi connectivity index (χ0) is 37.3. The Morgan fingerprint density at radius 2 is 1.63 bits per heavy atom. The fourth-order valence-corrected chi connectivity index (χ4v) is 8.11. The first-order valence-electron chi connectivity index (χ1n) is 17.2. The summed E-state index contributed by atoms with van der Waals surface area (Å²) in [6.45, 7) is 4.48. The van der Waals surface area contributed by atoms with Crippen LogP contribution in [0.5, 0.6) is 5.75 Å². The van der Waals surface area contributed by atoms with Crippen LogP contribution < -0.4 is 20.0 Å². The number of amides is 1. The van der Waals surface area contributed by atoms with Gasteiger partial charge in [0, 0.05) is 36.4 Å². The average molecular weight is 733 g/mol. The minimum atomic E-state index is -1.49. The number of carbonyl (C=O) groups is 3. The maximum atomic E-state index is 13.7. The van der Waals surface area contributed by atoms with Crippen molar-refractivity contribution < 1.29 is 33.5 Å². The van der Waals surface area contributed by atoms with E-state index in [2.05, 4.69) is 10.7 Å². The highest BCUT2D eigenvalue weighted by molar-refractivity contribution is 7.99. The molecule has 5 rings (SSSR count). The van der Waals surface area contributed by atoms with E-state index in [1.165, 1.54) is 50.2 Å². The summed E-state index contributed by atoms with van der Waals surface area (Å²) in [5, 5.41) is 16.5. The predicted octanol–water partition coefficient (Wildman–Crippen LogP) is 5.79. The molecule has 14 heteroatoms. The number of piperidine rings is 1. The zero-order valence-electron chi connectivity index (χ0n) is 30.0. The molecule has 1 saturated heterocycles. The molecular formula is C38H46N5O8S+. The van der Waals surface area contributed by atoms with Gasteiger partial charge in [-0.25, -0.2) is 9.59 Å². The number of nitrogens with zero attached hydrogens (tertiary/aromatic N) is 3. The van der Waals surface area contributed by atoms with Crippen LogP contribution in [0.3, 0.4) is 0 Å². The first-order chi connectivity index (χ1) is 25.0. The van der Waals surface area contributed by atoms with Crippen LogP contribution in [0.1, 0.15) is 60.5 Å². The Morgan fingerprint density at radius 3 is 2.23 bits per heavy atom. The SMILES string of the molecule is COC(=O)c1ccc([N+]2(CCCC(=O)NN3C(C)=CC(C(=O)OC)(c4ccc([N+](=O)[O-])cc4)NC3SCc3ccc(OC)cc3)CCCCC2)cc1. The van der Waals surface area contributed by atoms with Crippen molar-refractivity contribution in [1.82, 2.24) is 20.2 Å². The Labute approximate surface area is 308 Å². The summed E-state index contributed by atoms with van der Waals surface area (Å²) in [4.78, 5) is 50.1. The van der Waals surface area contributed by atoms with Gasteiger partial charge in [-0.15, -0.1) is 11.8 Å². The normalized spacial score (nSPS) is 19.6. The summed E-state index contributed by atoms with van der Waals surface area (Å²) in [5.74, 6) is 0.0978. The molecule has 2 heterocycles. The van der Waals surface area contributed by atoms with Crippen LogP contribution in [-0.4, -0.2) is 74.2 Å². The van der Waals surface area contributed by atoms with E-state index in [9.17, 15) is 24.5 Å². The molecule has 2 unspecified atom stereocenters. The Hall–Kier alpha value is -4.92. The fraction of sp³-hybridized carbons (Fsp3) is 0.395. The van der Waals surface area contributed by atoms with Gasteiger partial charge in [-0.05, 0) is 91.9 Å². The largest absolute Gasteiger partial charge is 0.497 e. The second kappa shape index (κ2) is 17.1. The van der Waals surface area contributed by atoms with Gasteiger partial charge in [0.25, 0.3) is 5.69 Å². The molecule has 3 aromatic carbocycles. The third-order valence-electron chi connectivity index (χ3n) is 9.74. The lowest BCUT2D eigenvalue weighted by Crippen LogP contribution is -2.63. The van der Waals surface area contributed by atoms with E-state index >= 15 is 0 Å². The molecule has 2 N–H and O–H groups in total. The number of likely N-dealkylation sites (tertiary alicyclic amines) is 1. The van der Waals surface area contributed by atoms with E-state index in [1.807, 2.05) is 36.4 Å². The van der Waals surface area contributed by atoms with Crippen LogP contribution in [0.2, 0.25) is 0 Å². The van der Waals surface area contributed by atoms with Crippen molar-refractivity contribution in [1.29, 1.82) is 0 Å². The Kier molecular flexibility index (Phi) is 12.6. The summed E-state index contributed by atoms with van der Waals surface area (Å²) in [6, 6.07) is 21.0. The highest BCUT2D eigenvalue weighted by Gasteiger charge is 2.47. The molecule has 0 saturated carbocycles. The van der Waals surface area contributed by atoms with Crippen molar-refractivity contribution in [2.45, 2.75) is 55.8 Å². The maximum Gasteiger partial charge on any atom is 0.337 e. The number of thioether (sulfide) groups is 1. The van der Waals surface area contributed by atoms with Gasteiger partial charge in [0.2, 0.25) is 5.91 Å². The van der Waals surface area contributed by atoms with Crippen LogP contribution >= 0.6 is 11.8 Å². The van der Waals surface area contributed by atoms with Gasteiger partial charge in [0.05, 0.1) is 51.5 Å². The minimum Gasteiger partial charge on any atom is -0.497 e. The number of nitro groups is 1. The molecule has 0 bridgehead atoms. The Balaban J connectivity index is 1.36. The number of allylic oxidation sites excluding steroid dienone is 1. The number of rotatable bonds is 14. The number of esters is 2. The lowest BCUT2D eigenvalue weighted by Gasteiger charge is -2.45. The van der Waals surface area contributed by atoms with Gasteiger partial charge < -0.3 is 14.2 Å². The van der Waals surface area contributed by atoms with Crippen molar-refractivity contribution in [2.24, 2.45) is 0 Å². The highest BCUT2D eigenvalue weighted by Crippen LogP contribution is 2.37. The maximum absolute atomic E-state index is 13.7. The molecule has 3 aromatic rings. The molecule has 2 atom stereocenters. The second-order valence-corrected chi connectivity index (χ2v) is 14.0. The lowest BCUT2D eigenvalue weighted by molar-refractivity contribution is -0.384. The number of nitro benzene ring substituents is 1. The number of hydrazine groups is 1. The van der Waals surface area contributed by atoms with Gasteiger partial charge in [-0.3, -0.25) is 35.1 Å². The number of quaternary nitrogens is 1. The molecular weight excluding hydrogens is 687 g/mol. The summed E-state index contributed by atoms with van der Waals surface area (Å²) < 4.78 is 16.2. The number of hydrogen-bond acceptors (Lipinski definition) is 11. The molecule has 1 amide bonds. The predicted molar refractivity (Wildman–Crippen MR) is 199 cm³/mol. The summed E-state index contributed by atoms with van der Waals surface area (Å²) in [7, 11) is 4.26. The average Bonchev–Trinajstić information content (AvgIpc) is 3.18. The van der Waals surface area contributed by atoms with Crippen LogP contribution in [0.25, 0.3) is 0 Å². The molecule has 0 aliphatic carbocycles. The second-order valence-electron chi connectivity index (χ2n) is 13.0. The Morgan fingerprint density at radius 1 is 0.962 bits per heavy atom. The third-order valence-corrected chi connectivity index (χ3v) is 10.9. The van der Waals surface area contributed by atoms with Crippen LogP contribution in [0.15, 0.2) is 84.6 Å². The number of methoxy groups -OCH3 is 3. The summed E-state index contributed by atoms with van der Waals surface area (Å²) in [6.07, 6.45) is 5.90. The van der Waals surface area contributed by atoms with E-state index in [1.54, 1.807) is 37.3 Å². The molecule has 1 fully saturated rings. The highest BCUT2D eigenvalue weighted by atomic mass is 32.2.